The summed E-state index contributed by atoms with van der Waals surface area (Å²) >= 11 is 0. The Labute approximate surface area is 81.9 Å². The molecule has 0 aromatic heterocycles. The van der Waals surface area contributed by atoms with Crippen molar-refractivity contribution >= 4 is 11.9 Å². The van der Waals surface area contributed by atoms with Crippen LogP contribution in [0.3, 0.4) is 0 Å². The summed E-state index contributed by atoms with van der Waals surface area (Å²) < 4.78 is 0. The average molecular weight is 192 g/mol. The largest absolute Gasteiger partial charge is 0.550 e. The van der Waals surface area contributed by atoms with Crippen LogP contribution in [0, 0.1) is 30.1 Å². The third kappa shape index (κ3) is 2.84. The van der Waals surface area contributed by atoms with E-state index in [1.165, 1.54) is 0 Å². The molecule has 0 N–H and O–H groups in total. The van der Waals surface area contributed by atoms with E-state index in [1.54, 1.807) is 0 Å². The topological polar surface area (TPSA) is 80.3 Å². The zero-order valence-corrected chi connectivity index (χ0v) is 7.41. The second-order valence-electron chi connectivity index (χ2n) is 2.88. The molecule has 0 radical (unpaired) electrons. The highest BCUT2D eigenvalue weighted by Gasteiger charge is 2.30. The standard InChI is InChI=1S/C10H10O4/c1-3-5-10(6-4-2,9(13)14)7-8(11)12/h1-2H,5-7H2,(H,11,12)(H,13,14)/p-2. The van der Waals surface area contributed by atoms with Gasteiger partial charge in [0.15, 0.2) is 0 Å². The van der Waals surface area contributed by atoms with E-state index in [2.05, 4.69) is 11.8 Å². The molecule has 0 amide bonds. The summed E-state index contributed by atoms with van der Waals surface area (Å²) in [6, 6.07) is 0. The Morgan fingerprint density at radius 2 is 1.57 bits per heavy atom. The second kappa shape index (κ2) is 4.94. The van der Waals surface area contributed by atoms with Gasteiger partial charge in [0.2, 0.25) is 0 Å². The van der Waals surface area contributed by atoms with Crippen LogP contribution in [0.15, 0.2) is 0 Å². The molecule has 0 aliphatic heterocycles. The lowest BCUT2D eigenvalue weighted by atomic mass is 9.78. The van der Waals surface area contributed by atoms with Crippen LogP contribution in [0.1, 0.15) is 19.3 Å². The minimum atomic E-state index is -1.71. The van der Waals surface area contributed by atoms with E-state index in [1.807, 2.05) is 0 Å². The first-order valence-corrected chi connectivity index (χ1v) is 3.77. The zero-order chi connectivity index (χ0) is 11.2. The maximum absolute atomic E-state index is 10.7. The summed E-state index contributed by atoms with van der Waals surface area (Å²) in [5, 5.41) is 21.1. The van der Waals surface area contributed by atoms with Gasteiger partial charge in [0.1, 0.15) is 0 Å². The van der Waals surface area contributed by atoms with Crippen LogP contribution in [0.4, 0.5) is 0 Å². The van der Waals surface area contributed by atoms with Gasteiger partial charge < -0.3 is 19.8 Å². The van der Waals surface area contributed by atoms with Crippen LogP contribution in [-0.4, -0.2) is 11.9 Å². The molecule has 4 heteroatoms. The Hall–Kier alpha value is -1.94. The normalized spacial score (nSPS) is 9.86. The Bertz CT molecular complexity index is 300. The van der Waals surface area contributed by atoms with Gasteiger partial charge in [-0.25, -0.2) is 0 Å². The molecule has 4 nitrogen and oxygen atoms in total. The van der Waals surface area contributed by atoms with Crippen LogP contribution in [0.5, 0.6) is 0 Å². The number of carboxylic acids is 2. The first kappa shape index (κ1) is 12.1. The third-order valence-corrected chi connectivity index (χ3v) is 1.80. The van der Waals surface area contributed by atoms with Gasteiger partial charge in [-0.1, -0.05) is 0 Å². The number of terminal acetylenes is 2. The molecular weight excluding hydrogens is 184 g/mol. The van der Waals surface area contributed by atoms with E-state index < -0.39 is 23.8 Å². The Morgan fingerprint density at radius 1 is 1.14 bits per heavy atom. The smallest absolute Gasteiger partial charge is 0.0499 e. The summed E-state index contributed by atoms with van der Waals surface area (Å²) in [7, 11) is 0. The van der Waals surface area contributed by atoms with Crippen molar-refractivity contribution in [3.05, 3.63) is 0 Å². The minimum Gasteiger partial charge on any atom is -0.550 e. The van der Waals surface area contributed by atoms with Gasteiger partial charge in [-0.15, -0.1) is 24.7 Å². The van der Waals surface area contributed by atoms with E-state index in [9.17, 15) is 19.8 Å². The zero-order valence-electron chi connectivity index (χ0n) is 7.41. The third-order valence-electron chi connectivity index (χ3n) is 1.80. The molecule has 0 saturated heterocycles. The van der Waals surface area contributed by atoms with Gasteiger partial charge in [0.05, 0.1) is 0 Å². The van der Waals surface area contributed by atoms with Gasteiger partial charge in [-0.2, -0.15) is 0 Å². The highest BCUT2D eigenvalue weighted by atomic mass is 16.4. The molecule has 0 bridgehead atoms. The fraction of sp³-hybridized carbons (Fsp3) is 0.400. The predicted molar refractivity (Wildman–Crippen MR) is 44.0 cm³/mol. The van der Waals surface area contributed by atoms with Crippen LogP contribution < -0.4 is 10.2 Å². The van der Waals surface area contributed by atoms with Gasteiger partial charge in [0.25, 0.3) is 0 Å². The predicted octanol–water partition coefficient (Wildman–Crippen LogP) is -2.09. The molecule has 0 atom stereocenters. The molecule has 0 unspecified atom stereocenters. The molecular formula is C10H8O4-2. The summed E-state index contributed by atoms with van der Waals surface area (Å²) in [5.74, 6) is 1.07. The van der Waals surface area contributed by atoms with E-state index in [-0.39, 0.29) is 12.8 Å². The summed E-state index contributed by atoms with van der Waals surface area (Å²) in [6.45, 7) is 0. The van der Waals surface area contributed by atoms with Crippen molar-refractivity contribution in [1.82, 2.24) is 0 Å². The lowest BCUT2D eigenvalue weighted by molar-refractivity contribution is -0.328. The van der Waals surface area contributed by atoms with Crippen LogP contribution in [0.2, 0.25) is 0 Å². The van der Waals surface area contributed by atoms with Crippen molar-refractivity contribution in [3.63, 3.8) is 0 Å². The number of carbonyl (C=O) groups is 2. The quantitative estimate of drug-likeness (QED) is 0.468. The molecule has 0 saturated carbocycles. The summed E-state index contributed by atoms with van der Waals surface area (Å²) in [4.78, 5) is 21.1. The fourth-order valence-electron chi connectivity index (χ4n) is 1.07. The molecule has 0 rings (SSSR count). The van der Waals surface area contributed by atoms with Gasteiger partial charge in [-0.3, -0.25) is 0 Å². The maximum Gasteiger partial charge on any atom is 0.0499 e. The second-order valence-corrected chi connectivity index (χ2v) is 2.88. The number of carbonyl (C=O) groups excluding carboxylic acids is 2. The van der Waals surface area contributed by atoms with Crippen molar-refractivity contribution in [1.29, 1.82) is 0 Å². The van der Waals surface area contributed by atoms with Crippen molar-refractivity contribution in [2.75, 3.05) is 0 Å². The average Bonchev–Trinajstić information content (AvgIpc) is 2.03. The molecule has 0 aromatic rings. The Balaban J connectivity index is 4.96. The highest BCUT2D eigenvalue weighted by molar-refractivity contribution is 5.80. The molecule has 14 heavy (non-hydrogen) atoms. The maximum atomic E-state index is 10.7. The van der Waals surface area contributed by atoms with Gasteiger partial charge in [0, 0.05) is 30.2 Å². The van der Waals surface area contributed by atoms with Crippen LogP contribution in [-0.2, 0) is 9.59 Å². The molecule has 0 aromatic carbocycles. The Morgan fingerprint density at radius 3 is 1.79 bits per heavy atom. The van der Waals surface area contributed by atoms with Crippen molar-refractivity contribution < 1.29 is 19.8 Å². The monoisotopic (exact) mass is 192 g/mol. The lowest BCUT2D eigenvalue weighted by Gasteiger charge is -2.31. The highest BCUT2D eigenvalue weighted by Crippen LogP contribution is 2.29. The number of rotatable bonds is 5. The fourth-order valence-corrected chi connectivity index (χ4v) is 1.07. The van der Waals surface area contributed by atoms with Crippen LogP contribution >= 0.6 is 0 Å². The number of carboxylic acid groups (broad SMARTS) is 2. The van der Waals surface area contributed by atoms with Gasteiger partial charge >= 0.3 is 0 Å². The van der Waals surface area contributed by atoms with E-state index in [4.69, 9.17) is 12.8 Å². The molecule has 0 heterocycles. The van der Waals surface area contributed by atoms with Gasteiger partial charge in [-0.05, 0) is 6.42 Å². The van der Waals surface area contributed by atoms with Crippen molar-refractivity contribution in [3.8, 4) is 24.7 Å². The Kier molecular flexibility index (Phi) is 4.25. The molecule has 0 spiro atoms. The van der Waals surface area contributed by atoms with E-state index in [0.29, 0.717) is 0 Å². The molecule has 0 fully saturated rings. The minimum absolute atomic E-state index is 0.284. The number of aliphatic carboxylic acids is 2. The summed E-state index contributed by atoms with van der Waals surface area (Å²) in [5.41, 5.74) is -1.71. The SMILES string of the molecule is C#CCC(CC#C)(CC(=O)[O-])C(=O)[O-]. The van der Waals surface area contributed by atoms with Crippen molar-refractivity contribution in [2.24, 2.45) is 5.41 Å². The van der Waals surface area contributed by atoms with E-state index >= 15 is 0 Å². The molecule has 0 aliphatic carbocycles. The number of hydrogen-bond donors (Lipinski definition) is 0. The van der Waals surface area contributed by atoms with Crippen molar-refractivity contribution in [2.45, 2.75) is 19.3 Å². The van der Waals surface area contributed by atoms with E-state index in [0.717, 1.165) is 0 Å². The molecule has 74 valence electrons. The first-order valence-electron chi connectivity index (χ1n) is 3.77. The first-order chi connectivity index (χ1) is 6.48. The summed E-state index contributed by atoms with van der Waals surface area (Å²) in [6.07, 6.45) is 8.57. The molecule has 0 aliphatic rings. The van der Waals surface area contributed by atoms with Crippen LogP contribution in [0.25, 0.3) is 0 Å². The number of hydrogen-bond acceptors (Lipinski definition) is 4. The lowest BCUT2D eigenvalue weighted by Crippen LogP contribution is -2.45.